The van der Waals surface area contributed by atoms with Gasteiger partial charge in [0.25, 0.3) is 0 Å². The summed E-state index contributed by atoms with van der Waals surface area (Å²) in [6.07, 6.45) is 6.37. The molecule has 2 aliphatic rings. The first-order valence-electron chi connectivity index (χ1n) is 11.5. The number of halogens is 2. The molecule has 3 heterocycles. The maximum atomic E-state index is 14.7. The number of likely N-dealkylation sites (tertiary alicyclic amines) is 1. The second-order valence-corrected chi connectivity index (χ2v) is 9.91. The van der Waals surface area contributed by atoms with Gasteiger partial charge in [0.1, 0.15) is 11.6 Å². The second kappa shape index (κ2) is 9.40. The summed E-state index contributed by atoms with van der Waals surface area (Å²) in [7, 11) is 3.81. The van der Waals surface area contributed by atoms with Gasteiger partial charge in [0, 0.05) is 73.9 Å². The van der Waals surface area contributed by atoms with Crippen LogP contribution < -0.4 is 15.2 Å². The highest BCUT2D eigenvalue weighted by molar-refractivity contribution is 6.33. The van der Waals surface area contributed by atoms with Gasteiger partial charge in [-0.3, -0.25) is 4.98 Å². The first-order valence-corrected chi connectivity index (χ1v) is 11.9. The predicted molar refractivity (Wildman–Crippen MR) is 140 cm³/mol. The van der Waals surface area contributed by atoms with Crippen molar-refractivity contribution in [2.45, 2.75) is 0 Å². The molecule has 36 heavy (non-hydrogen) atoms. The molecule has 2 saturated heterocycles. The van der Waals surface area contributed by atoms with Crippen molar-refractivity contribution < 1.29 is 9.50 Å². The van der Waals surface area contributed by atoms with E-state index in [1.54, 1.807) is 37.6 Å². The lowest BCUT2D eigenvalue weighted by atomic mass is 9.73. The van der Waals surface area contributed by atoms with Gasteiger partial charge in [0.2, 0.25) is 0 Å². The van der Waals surface area contributed by atoms with Gasteiger partial charge >= 0.3 is 0 Å². The number of hydrogen-bond acceptors (Lipinski definition) is 7. The van der Waals surface area contributed by atoms with Crippen molar-refractivity contribution in [2.24, 2.45) is 10.7 Å². The van der Waals surface area contributed by atoms with Crippen molar-refractivity contribution in [1.29, 1.82) is 0 Å². The number of hydrogen-bond donors (Lipinski definition) is 2. The van der Waals surface area contributed by atoms with Crippen LogP contribution >= 0.6 is 11.6 Å². The number of nitroso groups, excluding NO2 is 1. The van der Waals surface area contributed by atoms with Gasteiger partial charge in [-0.1, -0.05) is 17.7 Å². The Morgan fingerprint density at radius 2 is 1.86 bits per heavy atom. The Kier molecular flexibility index (Phi) is 6.27. The van der Waals surface area contributed by atoms with E-state index in [2.05, 4.69) is 32.4 Å². The normalized spacial score (nSPS) is 16.6. The van der Waals surface area contributed by atoms with Gasteiger partial charge in [-0.15, -0.1) is 4.91 Å². The van der Waals surface area contributed by atoms with Crippen LogP contribution in [0, 0.1) is 16.1 Å². The van der Waals surface area contributed by atoms with E-state index in [-0.39, 0.29) is 16.3 Å². The number of nitrogens with one attached hydrogen (secondary N) is 1. The van der Waals surface area contributed by atoms with Crippen molar-refractivity contribution >= 4 is 23.0 Å². The van der Waals surface area contributed by atoms with Crippen molar-refractivity contribution in [3.8, 4) is 28.0 Å². The van der Waals surface area contributed by atoms with Crippen molar-refractivity contribution in [1.82, 2.24) is 15.2 Å². The number of anilines is 2. The highest BCUT2D eigenvalue weighted by atomic mass is 35.5. The number of phenolic OH excluding ortho intramolecular Hbond substituents is 1. The lowest BCUT2D eigenvalue weighted by Gasteiger charge is -2.60. The quantitative estimate of drug-likeness (QED) is 0.349. The van der Waals surface area contributed by atoms with Crippen molar-refractivity contribution in [2.75, 3.05) is 50.2 Å². The molecule has 3 aromatic rings. The van der Waals surface area contributed by atoms with Crippen LogP contribution in [0.4, 0.5) is 15.8 Å². The number of rotatable bonds is 7. The van der Waals surface area contributed by atoms with E-state index in [1.807, 2.05) is 6.07 Å². The maximum Gasteiger partial charge on any atom is 0.131 e. The molecule has 0 unspecified atom stereocenters. The molecule has 0 amide bonds. The number of benzene rings is 2. The maximum absolute atomic E-state index is 14.7. The first-order chi connectivity index (χ1) is 17.3. The predicted octanol–water partition coefficient (Wildman–Crippen LogP) is 4.84. The molecule has 0 atom stereocenters. The largest absolute Gasteiger partial charge is 0.507 e. The smallest absolute Gasteiger partial charge is 0.131 e. The minimum atomic E-state index is -0.503. The zero-order valence-corrected chi connectivity index (χ0v) is 20.7. The fourth-order valence-electron chi connectivity index (χ4n) is 5.19. The average Bonchev–Trinajstić information content (AvgIpc) is 2.83. The first kappa shape index (κ1) is 24.0. The van der Waals surface area contributed by atoms with Crippen LogP contribution in [0.1, 0.15) is 0 Å². The molecule has 2 fully saturated rings. The Morgan fingerprint density at radius 1 is 1.14 bits per heavy atom. The Balaban J connectivity index is 1.45. The fraction of sp³-hybridized carbons (Fsp3) is 0.269. The summed E-state index contributed by atoms with van der Waals surface area (Å²) in [5, 5.41) is 18.2. The number of aromatic hydroxyl groups is 1. The zero-order valence-electron chi connectivity index (χ0n) is 19.9. The highest BCUT2D eigenvalue weighted by Crippen LogP contribution is 2.44. The van der Waals surface area contributed by atoms with Crippen LogP contribution in [0.5, 0.6) is 5.75 Å². The monoisotopic (exact) mass is 508 g/mol. The van der Waals surface area contributed by atoms with E-state index in [1.165, 1.54) is 24.5 Å². The van der Waals surface area contributed by atoms with E-state index < -0.39 is 5.82 Å². The molecule has 1 aromatic heterocycles. The molecular weight excluding hydrogens is 483 g/mol. The number of phenols is 1. The molecule has 186 valence electrons. The van der Waals surface area contributed by atoms with E-state index >= 15 is 0 Å². The molecule has 8 nitrogen and oxygen atoms in total. The average molecular weight is 509 g/mol. The summed E-state index contributed by atoms with van der Waals surface area (Å²) >= 11 is 6.42. The Bertz CT molecular complexity index is 1340. The van der Waals surface area contributed by atoms with E-state index in [0.29, 0.717) is 27.8 Å². The molecule has 0 aliphatic carbocycles. The molecule has 2 aliphatic heterocycles. The Labute approximate surface area is 213 Å². The molecule has 5 rings (SSSR count). The number of aromatic nitrogens is 1. The van der Waals surface area contributed by atoms with E-state index in [9.17, 15) is 14.4 Å². The molecule has 2 N–H and O–H groups in total. The van der Waals surface area contributed by atoms with Gasteiger partial charge in [-0.25, -0.2) is 9.40 Å². The highest BCUT2D eigenvalue weighted by Gasteiger charge is 2.50. The van der Waals surface area contributed by atoms with Crippen LogP contribution in [0.15, 0.2) is 66.5 Å². The van der Waals surface area contributed by atoms with Gasteiger partial charge in [-0.05, 0) is 42.9 Å². The number of pyridine rings is 1. The van der Waals surface area contributed by atoms with Crippen LogP contribution in [0.25, 0.3) is 22.3 Å². The minimum absolute atomic E-state index is 0.0830. The van der Waals surface area contributed by atoms with Gasteiger partial charge in [0.05, 0.1) is 27.9 Å². The van der Waals surface area contributed by atoms with Gasteiger partial charge < -0.3 is 20.2 Å². The van der Waals surface area contributed by atoms with Crippen LogP contribution in [-0.4, -0.2) is 55.3 Å². The lowest BCUT2D eigenvalue weighted by Crippen LogP contribution is -2.71. The molecular formula is C26H26ClFN6O2. The molecule has 10 heteroatoms. The van der Waals surface area contributed by atoms with Crippen molar-refractivity contribution in [3.05, 3.63) is 76.9 Å². The van der Waals surface area contributed by atoms with Gasteiger partial charge in [-0.2, -0.15) is 0 Å². The van der Waals surface area contributed by atoms with Gasteiger partial charge in [0.15, 0.2) is 0 Å². The number of nitrogens with zero attached hydrogens (tertiary/aromatic N) is 5. The third-order valence-electron chi connectivity index (χ3n) is 6.71. The van der Waals surface area contributed by atoms with Crippen LogP contribution in [0.2, 0.25) is 5.02 Å². The van der Waals surface area contributed by atoms with E-state index in [0.717, 1.165) is 36.9 Å². The summed E-state index contributed by atoms with van der Waals surface area (Å²) in [5.41, 5.74) is 3.39. The topological polar surface area (TPSA) is 84.3 Å². The summed E-state index contributed by atoms with van der Waals surface area (Å²) in [4.78, 5) is 20.2. The van der Waals surface area contributed by atoms with Crippen LogP contribution in [-0.2, 0) is 0 Å². The molecule has 2 aromatic carbocycles. The van der Waals surface area contributed by atoms with Crippen molar-refractivity contribution in [3.63, 3.8) is 0 Å². The minimum Gasteiger partial charge on any atom is -0.507 e. The fourth-order valence-corrected chi connectivity index (χ4v) is 5.46. The Morgan fingerprint density at radius 3 is 2.50 bits per heavy atom. The Hall–Kier alpha value is -3.69. The molecule has 0 bridgehead atoms. The zero-order chi connectivity index (χ0) is 25.4. The standard InChI is InChI=1S/C26H26ClFN6O2/c1-29-5-6-34(31-36)24-4-3-17(8-23(24)27)21-9-19(28)10-22(25(21)35)18-7-20(12-30-11-18)33-15-26(16-33)13-32(2)14-26/h3-12,29,35H,13-16H2,1-2H3/b6-5-. The SMILES string of the molecule is CN/C=C\N(N=O)c1ccc(-c2cc(F)cc(-c3cncc(N4CC5(CN(C)C5)C4)c3)c2O)cc1Cl. The van der Waals surface area contributed by atoms with Crippen LogP contribution in [0.3, 0.4) is 0 Å². The summed E-state index contributed by atoms with van der Waals surface area (Å²) in [6.45, 7) is 4.12. The molecule has 1 spiro atoms. The molecule has 0 saturated carbocycles. The summed E-state index contributed by atoms with van der Waals surface area (Å²) in [5.74, 6) is -0.586. The lowest BCUT2D eigenvalue weighted by molar-refractivity contribution is -0.00241. The summed E-state index contributed by atoms with van der Waals surface area (Å²) in [6, 6.07) is 9.28. The third-order valence-corrected chi connectivity index (χ3v) is 7.02. The molecule has 0 radical (unpaired) electrons. The second-order valence-electron chi connectivity index (χ2n) is 9.51. The third kappa shape index (κ3) is 4.36. The summed E-state index contributed by atoms with van der Waals surface area (Å²) < 4.78 is 14.7. The van der Waals surface area contributed by atoms with E-state index in [4.69, 9.17) is 11.6 Å².